The van der Waals surface area contributed by atoms with Crippen molar-refractivity contribution in [2.45, 2.75) is 0 Å². The van der Waals surface area contributed by atoms with Crippen molar-refractivity contribution in [2.75, 3.05) is 18.3 Å². The van der Waals surface area contributed by atoms with E-state index in [1.54, 1.807) is 18.2 Å². The predicted octanol–water partition coefficient (Wildman–Crippen LogP) is 0.565. The summed E-state index contributed by atoms with van der Waals surface area (Å²) in [6, 6.07) is 4.97. The fraction of sp³-hybridized carbons (Fsp3) is 0.0833. The maximum atomic E-state index is 11.4. The largest absolute Gasteiger partial charge is 0.461 e. The van der Waals surface area contributed by atoms with Crippen LogP contribution in [-0.4, -0.2) is 12.7 Å². The molecular formula is C12H13N3O3. The number of rotatable bonds is 3. The van der Waals surface area contributed by atoms with Crippen LogP contribution in [-0.2, 0) is 14.3 Å². The summed E-state index contributed by atoms with van der Waals surface area (Å²) in [4.78, 5) is 11.4. The summed E-state index contributed by atoms with van der Waals surface area (Å²) in [6.45, 7) is 0.0619. The van der Waals surface area contributed by atoms with E-state index in [-0.39, 0.29) is 18.1 Å². The van der Waals surface area contributed by atoms with Crippen LogP contribution in [0, 0.1) is 0 Å². The maximum absolute atomic E-state index is 11.4. The average molecular weight is 247 g/mol. The summed E-state index contributed by atoms with van der Waals surface area (Å²) in [6.07, 6.45) is 2.85. The fourth-order valence-corrected chi connectivity index (χ4v) is 1.52. The molecule has 6 heteroatoms. The van der Waals surface area contributed by atoms with Crippen LogP contribution in [0.5, 0.6) is 0 Å². The third-order valence-corrected chi connectivity index (χ3v) is 2.41. The van der Waals surface area contributed by atoms with Gasteiger partial charge in [0.05, 0.1) is 5.57 Å². The summed E-state index contributed by atoms with van der Waals surface area (Å²) >= 11 is 0. The lowest BCUT2D eigenvalue weighted by atomic mass is 10.1. The maximum Gasteiger partial charge on any atom is 0.252 e. The molecular weight excluding hydrogens is 234 g/mol. The van der Waals surface area contributed by atoms with Crippen LogP contribution in [0.25, 0.3) is 6.08 Å². The zero-order valence-electron chi connectivity index (χ0n) is 9.55. The molecule has 1 aliphatic rings. The van der Waals surface area contributed by atoms with Crippen molar-refractivity contribution < 1.29 is 14.3 Å². The van der Waals surface area contributed by atoms with Gasteiger partial charge in [0.25, 0.3) is 5.91 Å². The molecule has 0 atom stereocenters. The third-order valence-electron chi connectivity index (χ3n) is 2.41. The monoisotopic (exact) mass is 247 g/mol. The molecule has 1 aromatic carbocycles. The van der Waals surface area contributed by atoms with Gasteiger partial charge >= 0.3 is 0 Å². The Bertz CT molecular complexity index is 549. The quantitative estimate of drug-likeness (QED) is 0.533. The molecule has 0 aliphatic carbocycles. The Morgan fingerprint density at radius 1 is 1.33 bits per heavy atom. The Kier molecular flexibility index (Phi) is 3.09. The molecule has 0 aromatic heterocycles. The molecule has 1 aliphatic heterocycles. The zero-order chi connectivity index (χ0) is 13.1. The molecule has 0 fully saturated rings. The SMILES string of the molecule is NC(=O)C(=Cc1cc(N)ccc1N)C1=COCO1. The van der Waals surface area contributed by atoms with Crippen LogP contribution in [0.1, 0.15) is 5.56 Å². The molecule has 18 heavy (non-hydrogen) atoms. The summed E-state index contributed by atoms with van der Waals surface area (Å²) in [5, 5.41) is 0. The topological polar surface area (TPSA) is 114 Å². The summed E-state index contributed by atoms with van der Waals surface area (Å²) in [5.74, 6) is -0.349. The third kappa shape index (κ3) is 2.37. The normalized spacial score (nSPS) is 14.7. The van der Waals surface area contributed by atoms with E-state index in [4.69, 9.17) is 26.7 Å². The fourth-order valence-electron chi connectivity index (χ4n) is 1.52. The highest BCUT2D eigenvalue weighted by atomic mass is 16.7. The number of carbonyl (C=O) groups excluding carboxylic acids is 1. The minimum atomic E-state index is -0.631. The number of benzene rings is 1. The number of anilines is 2. The Labute approximate surface area is 104 Å². The Morgan fingerprint density at radius 2 is 2.11 bits per heavy atom. The smallest absolute Gasteiger partial charge is 0.252 e. The Balaban J connectivity index is 2.44. The molecule has 1 amide bonds. The van der Waals surface area contributed by atoms with Gasteiger partial charge in [-0.2, -0.15) is 0 Å². The molecule has 0 saturated heterocycles. The Hall–Kier alpha value is -2.63. The van der Waals surface area contributed by atoms with Crippen LogP contribution >= 0.6 is 0 Å². The van der Waals surface area contributed by atoms with Crippen LogP contribution < -0.4 is 17.2 Å². The standard InChI is InChI=1S/C12H13N3O3/c13-8-1-2-10(14)7(3-8)4-9(12(15)16)11-5-17-6-18-11/h1-5H,6,13-14H2,(H2,15,16). The van der Waals surface area contributed by atoms with E-state index in [0.29, 0.717) is 16.9 Å². The molecule has 0 spiro atoms. The first kappa shape index (κ1) is 11.8. The second-order valence-corrected chi connectivity index (χ2v) is 3.72. The van der Waals surface area contributed by atoms with Crippen molar-refractivity contribution in [2.24, 2.45) is 5.73 Å². The van der Waals surface area contributed by atoms with Gasteiger partial charge in [0, 0.05) is 16.9 Å². The van der Waals surface area contributed by atoms with E-state index in [2.05, 4.69) is 0 Å². The highest BCUT2D eigenvalue weighted by molar-refractivity contribution is 6.01. The number of primary amides is 1. The van der Waals surface area contributed by atoms with Gasteiger partial charge in [-0.3, -0.25) is 4.79 Å². The molecule has 6 nitrogen and oxygen atoms in total. The number of hydrogen-bond donors (Lipinski definition) is 3. The highest BCUT2D eigenvalue weighted by Crippen LogP contribution is 2.23. The second kappa shape index (κ2) is 4.70. The minimum Gasteiger partial charge on any atom is -0.461 e. The molecule has 0 bridgehead atoms. The molecule has 6 N–H and O–H groups in total. The van der Waals surface area contributed by atoms with Gasteiger partial charge in [0.2, 0.25) is 6.79 Å². The minimum absolute atomic E-state index is 0.0619. The van der Waals surface area contributed by atoms with Crippen molar-refractivity contribution in [1.82, 2.24) is 0 Å². The lowest BCUT2D eigenvalue weighted by Crippen LogP contribution is -2.16. The van der Waals surface area contributed by atoms with Gasteiger partial charge in [-0.25, -0.2) is 0 Å². The summed E-state index contributed by atoms with van der Waals surface area (Å²) in [7, 11) is 0. The highest BCUT2D eigenvalue weighted by Gasteiger charge is 2.17. The van der Waals surface area contributed by atoms with E-state index in [1.165, 1.54) is 12.3 Å². The number of hydrogen-bond acceptors (Lipinski definition) is 5. The van der Waals surface area contributed by atoms with Crippen molar-refractivity contribution in [3.8, 4) is 0 Å². The van der Waals surface area contributed by atoms with Gasteiger partial charge in [-0.1, -0.05) is 0 Å². The zero-order valence-corrected chi connectivity index (χ0v) is 9.55. The van der Waals surface area contributed by atoms with E-state index in [1.807, 2.05) is 0 Å². The van der Waals surface area contributed by atoms with Crippen LogP contribution in [0.2, 0.25) is 0 Å². The number of amides is 1. The van der Waals surface area contributed by atoms with E-state index >= 15 is 0 Å². The van der Waals surface area contributed by atoms with Crippen molar-refractivity contribution in [3.05, 3.63) is 41.4 Å². The van der Waals surface area contributed by atoms with E-state index in [0.717, 1.165) is 0 Å². The first-order valence-electron chi connectivity index (χ1n) is 5.19. The molecule has 2 rings (SSSR count). The van der Waals surface area contributed by atoms with Crippen LogP contribution in [0.15, 0.2) is 35.8 Å². The van der Waals surface area contributed by atoms with E-state index < -0.39 is 5.91 Å². The summed E-state index contributed by atoms with van der Waals surface area (Å²) in [5.41, 5.74) is 18.6. The number of ether oxygens (including phenoxy) is 2. The molecule has 0 radical (unpaired) electrons. The molecule has 94 valence electrons. The van der Waals surface area contributed by atoms with Gasteiger partial charge in [-0.15, -0.1) is 0 Å². The first-order chi connectivity index (χ1) is 8.58. The summed E-state index contributed by atoms with van der Waals surface area (Å²) < 4.78 is 10.0. The van der Waals surface area contributed by atoms with Crippen molar-refractivity contribution >= 4 is 23.4 Å². The van der Waals surface area contributed by atoms with Crippen LogP contribution in [0.4, 0.5) is 11.4 Å². The van der Waals surface area contributed by atoms with Gasteiger partial charge in [0.15, 0.2) is 5.76 Å². The van der Waals surface area contributed by atoms with Gasteiger partial charge < -0.3 is 26.7 Å². The first-order valence-corrected chi connectivity index (χ1v) is 5.19. The van der Waals surface area contributed by atoms with Gasteiger partial charge in [-0.05, 0) is 24.3 Å². The van der Waals surface area contributed by atoms with Crippen molar-refractivity contribution in [3.63, 3.8) is 0 Å². The number of carbonyl (C=O) groups is 1. The molecule has 1 heterocycles. The lowest BCUT2D eigenvalue weighted by molar-refractivity contribution is -0.114. The molecule has 0 saturated carbocycles. The van der Waals surface area contributed by atoms with E-state index in [9.17, 15) is 4.79 Å². The molecule has 1 aromatic rings. The van der Waals surface area contributed by atoms with Crippen molar-refractivity contribution in [1.29, 1.82) is 0 Å². The average Bonchev–Trinajstić information content (AvgIpc) is 2.83. The predicted molar refractivity (Wildman–Crippen MR) is 67.6 cm³/mol. The Morgan fingerprint density at radius 3 is 2.72 bits per heavy atom. The number of nitrogens with two attached hydrogens (primary N) is 3. The van der Waals surface area contributed by atoms with Gasteiger partial charge in [0.1, 0.15) is 6.26 Å². The second-order valence-electron chi connectivity index (χ2n) is 3.72. The lowest BCUT2D eigenvalue weighted by Gasteiger charge is -2.06. The number of nitrogen functional groups attached to an aromatic ring is 2. The van der Waals surface area contributed by atoms with Crippen LogP contribution in [0.3, 0.4) is 0 Å². The molecule has 0 unspecified atom stereocenters.